The van der Waals surface area contributed by atoms with Gasteiger partial charge in [-0.15, -0.1) is 0 Å². The molecule has 8 heteroatoms. The number of hydrogen-bond donors (Lipinski definition) is 2. The van der Waals surface area contributed by atoms with Gasteiger partial charge in [0.25, 0.3) is 5.91 Å². The number of rotatable bonds is 8. The largest absolute Gasteiger partial charge is 0.489 e. The number of imide groups is 1. The first kappa shape index (κ1) is 20.8. The van der Waals surface area contributed by atoms with Gasteiger partial charge < -0.3 is 19.5 Å². The van der Waals surface area contributed by atoms with Crippen LogP contribution in [0, 0.1) is 0 Å². The number of amides is 3. The summed E-state index contributed by atoms with van der Waals surface area (Å²) in [6.07, 6.45) is -1.12. The molecule has 148 valence electrons. The molecule has 0 fully saturated rings. The Morgan fingerprint density at radius 2 is 1.54 bits per heavy atom. The monoisotopic (exact) mass is 386 g/mol. The normalized spacial score (nSPS) is 11.1. The molecule has 28 heavy (non-hydrogen) atoms. The minimum Gasteiger partial charge on any atom is -0.489 e. The number of carbonyl (C=O) groups is 3. The third-order valence-electron chi connectivity index (χ3n) is 3.57. The molecule has 0 aliphatic heterocycles. The maximum Gasteiger partial charge on any atom is 0.344 e. The van der Waals surface area contributed by atoms with Gasteiger partial charge in [-0.05, 0) is 36.8 Å². The molecule has 2 N–H and O–H groups in total. The van der Waals surface area contributed by atoms with Crippen LogP contribution >= 0.6 is 0 Å². The molecule has 0 spiro atoms. The lowest BCUT2D eigenvalue weighted by atomic mass is 10.2. The van der Waals surface area contributed by atoms with Crippen molar-refractivity contribution < 1.29 is 28.6 Å². The zero-order valence-electron chi connectivity index (χ0n) is 15.6. The van der Waals surface area contributed by atoms with Crippen molar-refractivity contribution in [3.8, 4) is 11.5 Å². The van der Waals surface area contributed by atoms with Gasteiger partial charge >= 0.3 is 12.0 Å². The summed E-state index contributed by atoms with van der Waals surface area (Å²) in [6.45, 7) is 1.43. The van der Waals surface area contributed by atoms with Gasteiger partial charge in [0.1, 0.15) is 18.1 Å². The van der Waals surface area contributed by atoms with E-state index in [1.54, 1.807) is 24.3 Å². The van der Waals surface area contributed by atoms with E-state index in [4.69, 9.17) is 14.2 Å². The van der Waals surface area contributed by atoms with E-state index in [2.05, 4.69) is 5.32 Å². The molecule has 0 saturated heterocycles. The first-order valence-electron chi connectivity index (χ1n) is 8.59. The Hall–Kier alpha value is -3.55. The van der Waals surface area contributed by atoms with Crippen LogP contribution in [0.25, 0.3) is 0 Å². The molecule has 0 aliphatic carbocycles. The molecule has 0 heterocycles. The fraction of sp³-hybridized carbons (Fsp3) is 0.250. The van der Waals surface area contributed by atoms with Crippen molar-refractivity contribution in [2.75, 3.05) is 13.7 Å². The summed E-state index contributed by atoms with van der Waals surface area (Å²) in [4.78, 5) is 34.4. The average Bonchev–Trinajstić information content (AvgIpc) is 2.72. The fourth-order valence-corrected chi connectivity index (χ4v) is 2.08. The predicted molar refractivity (Wildman–Crippen MR) is 101 cm³/mol. The third-order valence-corrected chi connectivity index (χ3v) is 3.57. The van der Waals surface area contributed by atoms with E-state index < -0.39 is 24.0 Å². The Morgan fingerprint density at radius 1 is 0.929 bits per heavy atom. The van der Waals surface area contributed by atoms with Crippen LogP contribution in [0.5, 0.6) is 11.5 Å². The van der Waals surface area contributed by atoms with Gasteiger partial charge in [-0.25, -0.2) is 9.59 Å². The number of hydrogen-bond acceptors (Lipinski definition) is 6. The highest BCUT2D eigenvalue weighted by Gasteiger charge is 2.19. The zero-order valence-corrected chi connectivity index (χ0v) is 15.6. The molecule has 3 amide bonds. The molecule has 2 rings (SSSR count). The van der Waals surface area contributed by atoms with Crippen LogP contribution in [0.4, 0.5) is 4.79 Å². The molecule has 0 saturated carbocycles. The Bertz CT molecular complexity index is 792. The molecule has 2 aromatic rings. The zero-order chi connectivity index (χ0) is 20.4. The number of esters is 1. The van der Waals surface area contributed by atoms with E-state index in [0.717, 1.165) is 5.56 Å². The predicted octanol–water partition coefficient (Wildman–Crippen LogP) is 2.03. The second-order valence-electron chi connectivity index (χ2n) is 5.73. The van der Waals surface area contributed by atoms with Gasteiger partial charge in [-0.2, -0.15) is 0 Å². The van der Waals surface area contributed by atoms with Gasteiger partial charge in [0.15, 0.2) is 12.7 Å². The van der Waals surface area contributed by atoms with Crippen LogP contribution < -0.4 is 20.1 Å². The first-order valence-corrected chi connectivity index (χ1v) is 8.59. The van der Waals surface area contributed by atoms with Crippen molar-refractivity contribution in [3.05, 3.63) is 60.2 Å². The average molecular weight is 386 g/mol. The number of benzene rings is 2. The van der Waals surface area contributed by atoms with Crippen LogP contribution in [0.2, 0.25) is 0 Å². The van der Waals surface area contributed by atoms with Crippen LogP contribution in [0.3, 0.4) is 0 Å². The van der Waals surface area contributed by atoms with E-state index in [1.807, 2.05) is 35.6 Å². The second-order valence-corrected chi connectivity index (χ2v) is 5.73. The molecule has 8 nitrogen and oxygen atoms in total. The summed E-state index contributed by atoms with van der Waals surface area (Å²) in [5.41, 5.74) is 1.06. The molecule has 1 atom stereocenters. The molecule has 0 unspecified atom stereocenters. The molecule has 0 bridgehead atoms. The Kier molecular flexibility index (Phi) is 7.83. The van der Waals surface area contributed by atoms with Crippen molar-refractivity contribution in [3.63, 3.8) is 0 Å². The number of nitrogens with one attached hydrogen (secondary N) is 2. The summed E-state index contributed by atoms with van der Waals surface area (Å²) < 4.78 is 15.9. The van der Waals surface area contributed by atoms with Crippen molar-refractivity contribution in [2.24, 2.45) is 0 Å². The first-order chi connectivity index (χ1) is 13.5. The van der Waals surface area contributed by atoms with Crippen molar-refractivity contribution in [2.45, 2.75) is 19.6 Å². The summed E-state index contributed by atoms with van der Waals surface area (Å²) in [5.74, 6) is -0.346. The molecule has 0 radical (unpaired) electrons. The van der Waals surface area contributed by atoms with Crippen LogP contribution in [0.1, 0.15) is 12.5 Å². The SMILES string of the molecule is CNC(=O)NC(=O)[C@@H](C)OC(=O)COc1ccc(OCc2ccccc2)cc1. The van der Waals surface area contributed by atoms with Crippen molar-refractivity contribution in [1.29, 1.82) is 0 Å². The minimum atomic E-state index is -1.12. The molecular weight excluding hydrogens is 364 g/mol. The maximum absolute atomic E-state index is 11.8. The van der Waals surface area contributed by atoms with Gasteiger partial charge in [0.2, 0.25) is 0 Å². The van der Waals surface area contributed by atoms with E-state index in [9.17, 15) is 14.4 Å². The van der Waals surface area contributed by atoms with E-state index in [-0.39, 0.29) is 6.61 Å². The maximum atomic E-state index is 11.8. The summed E-state index contributed by atoms with van der Waals surface area (Å²) in [6, 6.07) is 15.9. The Morgan fingerprint density at radius 3 is 2.14 bits per heavy atom. The highest BCUT2D eigenvalue weighted by atomic mass is 16.6. The van der Waals surface area contributed by atoms with E-state index >= 15 is 0 Å². The Labute approximate surface area is 162 Å². The molecule has 0 aliphatic rings. The van der Waals surface area contributed by atoms with Crippen LogP contribution in [-0.2, 0) is 20.9 Å². The van der Waals surface area contributed by atoms with E-state index in [0.29, 0.717) is 18.1 Å². The molecule has 0 aromatic heterocycles. The lowest BCUT2D eigenvalue weighted by Crippen LogP contribution is -2.43. The highest BCUT2D eigenvalue weighted by molar-refractivity contribution is 5.97. The van der Waals surface area contributed by atoms with Crippen molar-refractivity contribution >= 4 is 17.9 Å². The fourth-order valence-electron chi connectivity index (χ4n) is 2.08. The number of carbonyl (C=O) groups excluding carboxylic acids is 3. The molecular formula is C20H22N2O6. The standard InChI is InChI=1S/C20H22N2O6/c1-14(19(24)22-20(25)21-2)28-18(23)13-27-17-10-8-16(9-11-17)26-12-15-6-4-3-5-7-15/h3-11,14H,12-13H2,1-2H3,(H2,21,22,24,25)/t14-/m1/s1. The highest BCUT2D eigenvalue weighted by Crippen LogP contribution is 2.18. The lowest BCUT2D eigenvalue weighted by Gasteiger charge is -2.13. The summed E-state index contributed by atoms with van der Waals surface area (Å²) in [5, 5.41) is 4.24. The lowest BCUT2D eigenvalue weighted by molar-refractivity contribution is -0.156. The van der Waals surface area contributed by atoms with Gasteiger partial charge in [-0.3, -0.25) is 10.1 Å². The summed E-state index contributed by atoms with van der Waals surface area (Å²) in [7, 11) is 1.37. The van der Waals surface area contributed by atoms with Crippen LogP contribution in [-0.4, -0.2) is 37.7 Å². The quantitative estimate of drug-likeness (QED) is 0.673. The van der Waals surface area contributed by atoms with Gasteiger partial charge in [0, 0.05) is 7.05 Å². The topological polar surface area (TPSA) is 103 Å². The van der Waals surface area contributed by atoms with Crippen LogP contribution in [0.15, 0.2) is 54.6 Å². The minimum absolute atomic E-state index is 0.373. The Balaban J connectivity index is 1.74. The van der Waals surface area contributed by atoms with Gasteiger partial charge in [0.05, 0.1) is 0 Å². The second kappa shape index (κ2) is 10.6. The third kappa shape index (κ3) is 6.99. The number of urea groups is 1. The van der Waals surface area contributed by atoms with Gasteiger partial charge in [-0.1, -0.05) is 30.3 Å². The summed E-state index contributed by atoms with van der Waals surface area (Å²) >= 11 is 0. The van der Waals surface area contributed by atoms with E-state index in [1.165, 1.54) is 14.0 Å². The smallest absolute Gasteiger partial charge is 0.344 e. The van der Waals surface area contributed by atoms with Crippen molar-refractivity contribution in [1.82, 2.24) is 10.6 Å². The molecule has 2 aromatic carbocycles. The number of ether oxygens (including phenoxy) is 3.